The fraction of sp³-hybridized carbons (Fsp3) is 0.259. The van der Waals surface area contributed by atoms with Crippen LogP contribution < -0.4 is 14.8 Å². The quantitative estimate of drug-likeness (QED) is 0.277. The lowest BCUT2D eigenvalue weighted by atomic mass is 10.0. The number of amides is 2. The van der Waals surface area contributed by atoms with E-state index in [1.807, 2.05) is 43.3 Å². The van der Waals surface area contributed by atoms with Crippen LogP contribution in [0.3, 0.4) is 0 Å². The number of benzene rings is 3. The van der Waals surface area contributed by atoms with Crippen molar-refractivity contribution in [2.24, 2.45) is 0 Å². The van der Waals surface area contributed by atoms with Crippen molar-refractivity contribution in [3.05, 3.63) is 99.1 Å². The van der Waals surface area contributed by atoms with Crippen molar-refractivity contribution in [1.29, 1.82) is 0 Å². The number of hydrogen-bond donors (Lipinski definition) is 1. The van der Waals surface area contributed by atoms with Crippen molar-refractivity contribution in [3.63, 3.8) is 0 Å². The first-order valence-corrected chi connectivity index (χ1v) is 12.0. The summed E-state index contributed by atoms with van der Waals surface area (Å²) in [5, 5.41) is 14.5. The van der Waals surface area contributed by atoms with Gasteiger partial charge in [-0.25, -0.2) is 0 Å². The third-order valence-corrected chi connectivity index (χ3v) is 6.00. The fourth-order valence-corrected chi connectivity index (χ4v) is 3.98. The Hall–Kier alpha value is -4.11. The normalized spacial score (nSPS) is 11.3. The molecule has 1 N–H and O–H groups in total. The number of nitro benzene ring substituents is 1. The van der Waals surface area contributed by atoms with Crippen LogP contribution in [-0.2, 0) is 22.6 Å². The van der Waals surface area contributed by atoms with E-state index in [0.717, 1.165) is 5.56 Å². The summed E-state index contributed by atoms with van der Waals surface area (Å²) in [7, 11) is 1.31. The molecule has 0 saturated carbocycles. The highest BCUT2D eigenvalue weighted by atomic mass is 35.5. The van der Waals surface area contributed by atoms with Gasteiger partial charge in [-0.3, -0.25) is 19.7 Å². The molecule has 37 heavy (non-hydrogen) atoms. The summed E-state index contributed by atoms with van der Waals surface area (Å²) in [5.41, 5.74) is 1.34. The fourth-order valence-electron chi connectivity index (χ4n) is 3.78. The van der Waals surface area contributed by atoms with Gasteiger partial charge in [-0.05, 0) is 30.2 Å². The van der Waals surface area contributed by atoms with E-state index in [4.69, 9.17) is 21.1 Å². The highest BCUT2D eigenvalue weighted by Crippen LogP contribution is 2.31. The molecule has 2 amide bonds. The van der Waals surface area contributed by atoms with Gasteiger partial charge in [0.25, 0.3) is 5.91 Å². The third kappa shape index (κ3) is 7.44. The molecule has 194 valence electrons. The molecule has 10 heteroatoms. The largest absolute Gasteiger partial charge is 0.490 e. The highest BCUT2D eigenvalue weighted by Gasteiger charge is 2.31. The van der Waals surface area contributed by atoms with Crippen LogP contribution in [0.4, 0.5) is 5.69 Å². The first-order valence-electron chi connectivity index (χ1n) is 11.6. The zero-order chi connectivity index (χ0) is 26.8. The van der Waals surface area contributed by atoms with Crippen LogP contribution in [0.2, 0.25) is 5.02 Å². The first kappa shape index (κ1) is 27.5. The summed E-state index contributed by atoms with van der Waals surface area (Å²) >= 11 is 6.39. The molecule has 0 spiro atoms. The molecular formula is C27H28ClN3O6. The molecule has 0 radical (unpaired) electrons. The van der Waals surface area contributed by atoms with Gasteiger partial charge >= 0.3 is 5.69 Å². The number of nitrogens with one attached hydrogen (secondary N) is 1. The summed E-state index contributed by atoms with van der Waals surface area (Å²) in [5.74, 6) is -0.536. The average Bonchev–Trinajstić information content (AvgIpc) is 2.90. The standard InChI is InChI=1S/C27H28ClN3O6/c1-3-29-27(33)24(15-19-9-5-4-6-10-19)30(17-20-11-7-8-12-22(20)28)26(32)18-37-21-13-14-23(31(34)35)25(16-21)36-2/h4-14,16,24H,3,15,17-18H2,1-2H3,(H,29,33)/t24-/m0/s1. The Morgan fingerprint density at radius 3 is 2.43 bits per heavy atom. The molecule has 0 unspecified atom stereocenters. The van der Waals surface area contributed by atoms with Gasteiger partial charge in [0.15, 0.2) is 6.61 Å². The number of hydrogen-bond acceptors (Lipinski definition) is 6. The molecule has 1 atom stereocenters. The van der Waals surface area contributed by atoms with Gasteiger partial charge < -0.3 is 19.7 Å². The van der Waals surface area contributed by atoms with Crippen molar-refractivity contribution in [3.8, 4) is 11.5 Å². The van der Waals surface area contributed by atoms with Crippen LogP contribution >= 0.6 is 11.6 Å². The van der Waals surface area contributed by atoms with Crippen LogP contribution in [0, 0.1) is 10.1 Å². The van der Waals surface area contributed by atoms with Crippen LogP contribution in [0.25, 0.3) is 0 Å². The van der Waals surface area contributed by atoms with Gasteiger partial charge in [-0.1, -0.05) is 60.1 Å². The van der Waals surface area contributed by atoms with E-state index in [0.29, 0.717) is 17.1 Å². The van der Waals surface area contributed by atoms with E-state index in [2.05, 4.69) is 5.32 Å². The third-order valence-electron chi connectivity index (χ3n) is 5.63. The van der Waals surface area contributed by atoms with Crippen molar-refractivity contribution >= 4 is 29.1 Å². The minimum absolute atomic E-state index is 0.00662. The number of ether oxygens (including phenoxy) is 2. The second kappa shape index (κ2) is 13.3. The zero-order valence-corrected chi connectivity index (χ0v) is 21.3. The number of carbonyl (C=O) groups excluding carboxylic acids is 2. The Labute approximate surface area is 220 Å². The first-order chi connectivity index (χ1) is 17.8. The van der Waals surface area contributed by atoms with Gasteiger partial charge in [0, 0.05) is 36.7 Å². The summed E-state index contributed by atoms with van der Waals surface area (Å²) in [6.07, 6.45) is 0.286. The van der Waals surface area contributed by atoms with E-state index in [-0.39, 0.29) is 36.1 Å². The molecule has 9 nitrogen and oxygen atoms in total. The lowest BCUT2D eigenvalue weighted by molar-refractivity contribution is -0.385. The molecular weight excluding hydrogens is 498 g/mol. The topological polar surface area (TPSA) is 111 Å². The number of nitrogens with zero attached hydrogens (tertiary/aromatic N) is 2. The maximum absolute atomic E-state index is 13.5. The van der Waals surface area contributed by atoms with Crippen molar-refractivity contribution in [2.45, 2.75) is 25.9 Å². The predicted octanol–water partition coefficient (Wildman–Crippen LogP) is 4.41. The minimum Gasteiger partial charge on any atom is -0.490 e. The lowest BCUT2D eigenvalue weighted by Crippen LogP contribution is -2.51. The maximum Gasteiger partial charge on any atom is 0.311 e. The molecule has 0 bridgehead atoms. The molecule has 3 rings (SSSR count). The summed E-state index contributed by atoms with van der Waals surface area (Å²) in [6.45, 7) is 1.89. The molecule has 0 aliphatic heterocycles. The Balaban J connectivity index is 1.90. The number of rotatable bonds is 12. The van der Waals surface area contributed by atoms with Crippen LogP contribution in [-0.4, -0.2) is 47.9 Å². The second-order valence-corrected chi connectivity index (χ2v) is 8.50. The van der Waals surface area contributed by atoms with Gasteiger partial charge in [-0.15, -0.1) is 0 Å². The van der Waals surface area contributed by atoms with Crippen LogP contribution in [0.15, 0.2) is 72.8 Å². The number of halogens is 1. The average molecular weight is 526 g/mol. The van der Waals surface area contributed by atoms with Crippen molar-refractivity contribution in [1.82, 2.24) is 10.2 Å². The Bertz CT molecular complexity index is 1240. The van der Waals surface area contributed by atoms with E-state index < -0.39 is 23.5 Å². The number of methoxy groups -OCH3 is 1. The van der Waals surface area contributed by atoms with Gasteiger partial charge in [0.1, 0.15) is 11.8 Å². The number of carbonyl (C=O) groups is 2. The Morgan fingerprint density at radius 2 is 1.78 bits per heavy atom. The highest BCUT2D eigenvalue weighted by molar-refractivity contribution is 6.31. The number of nitro groups is 1. The molecule has 3 aromatic carbocycles. The smallest absolute Gasteiger partial charge is 0.311 e. The zero-order valence-electron chi connectivity index (χ0n) is 20.6. The summed E-state index contributed by atoms with van der Waals surface area (Å²) in [4.78, 5) is 38.8. The molecule has 0 heterocycles. The summed E-state index contributed by atoms with van der Waals surface area (Å²) in [6, 6.07) is 19.7. The molecule has 0 fully saturated rings. The maximum atomic E-state index is 13.5. The minimum atomic E-state index is -0.832. The monoisotopic (exact) mass is 525 g/mol. The van der Waals surface area contributed by atoms with Crippen LogP contribution in [0.1, 0.15) is 18.1 Å². The van der Waals surface area contributed by atoms with Gasteiger partial charge in [0.2, 0.25) is 11.7 Å². The molecule has 0 aliphatic rings. The Morgan fingerprint density at radius 1 is 1.08 bits per heavy atom. The molecule has 0 aromatic heterocycles. The Kier molecular flexibility index (Phi) is 9.85. The SMILES string of the molecule is CCNC(=O)[C@H](Cc1ccccc1)N(Cc1ccccc1Cl)C(=O)COc1ccc([N+](=O)[O-])c(OC)c1. The van der Waals surface area contributed by atoms with Gasteiger partial charge in [-0.2, -0.15) is 0 Å². The number of likely N-dealkylation sites (N-methyl/N-ethyl adjacent to an activating group) is 1. The second-order valence-electron chi connectivity index (χ2n) is 8.09. The van der Waals surface area contributed by atoms with E-state index in [1.165, 1.54) is 30.2 Å². The lowest BCUT2D eigenvalue weighted by Gasteiger charge is -2.31. The predicted molar refractivity (Wildman–Crippen MR) is 140 cm³/mol. The van der Waals surface area contributed by atoms with Crippen LogP contribution in [0.5, 0.6) is 11.5 Å². The van der Waals surface area contributed by atoms with Crippen molar-refractivity contribution in [2.75, 3.05) is 20.3 Å². The summed E-state index contributed by atoms with van der Waals surface area (Å²) < 4.78 is 10.7. The molecule has 0 aliphatic carbocycles. The van der Waals surface area contributed by atoms with Gasteiger partial charge in [0.05, 0.1) is 12.0 Å². The van der Waals surface area contributed by atoms with E-state index >= 15 is 0 Å². The van der Waals surface area contributed by atoms with E-state index in [9.17, 15) is 19.7 Å². The van der Waals surface area contributed by atoms with Crippen molar-refractivity contribution < 1.29 is 24.0 Å². The molecule has 0 saturated heterocycles. The molecule has 3 aromatic rings. The van der Waals surface area contributed by atoms with E-state index in [1.54, 1.807) is 18.2 Å².